The summed E-state index contributed by atoms with van der Waals surface area (Å²) in [5.41, 5.74) is 11.1. The minimum Gasteiger partial charge on any atom is -0.436 e. The molecule has 0 fully saturated rings. The monoisotopic (exact) mass is 607 g/mol. The standard InChI is InChI=1S/C41H29N5O/c1-26-21-23-32(27(2)42-26)35-25-31(40-45-38(28-13-6-3-7-14-28)44-39(46-40)29-15-8-4-9-16-29)22-24-33(35)34-19-12-20-36-37(34)43-41(47-36)30-17-10-5-11-18-30/h3-25H,1-2H3. The van der Waals surface area contributed by atoms with E-state index in [1.807, 2.05) is 123 Å². The lowest BCUT2D eigenvalue weighted by Gasteiger charge is -2.15. The van der Waals surface area contributed by atoms with Crippen molar-refractivity contribution in [2.75, 3.05) is 0 Å². The van der Waals surface area contributed by atoms with Gasteiger partial charge in [0.05, 0.1) is 0 Å². The summed E-state index contributed by atoms with van der Waals surface area (Å²) in [5, 5.41) is 0. The average molecular weight is 608 g/mol. The summed E-state index contributed by atoms with van der Waals surface area (Å²) in [6, 6.07) is 46.6. The summed E-state index contributed by atoms with van der Waals surface area (Å²) in [7, 11) is 0. The van der Waals surface area contributed by atoms with E-state index in [0.29, 0.717) is 23.4 Å². The van der Waals surface area contributed by atoms with Gasteiger partial charge in [0.25, 0.3) is 0 Å². The molecule has 0 atom stereocenters. The van der Waals surface area contributed by atoms with Gasteiger partial charge in [-0.2, -0.15) is 0 Å². The van der Waals surface area contributed by atoms with E-state index in [0.717, 1.165) is 67.0 Å². The molecule has 5 aromatic carbocycles. The lowest BCUT2D eigenvalue weighted by atomic mass is 9.91. The molecule has 0 aliphatic rings. The summed E-state index contributed by atoms with van der Waals surface area (Å²) in [6.45, 7) is 4.06. The molecular weight excluding hydrogens is 578 g/mol. The number of fused-ring (bicyclic) bond motifs is 1. The predicted molar refractivity (Wildman–Crippen MR) is 187 cm³/mol. The predicted octanol–water partition coefficient (Wildman–Crippen LogP) is 10.0. The first-order chi connectivity index (χ1) is 23.1. The molecule has 47 heavy (non-hydrogen) atoms. The van der Waals surface area contributed by atoms with Gasteiger partial charge in [0.2, 0.25) is 5.89 Å². The first-order valence-corrected chi connectivity index (χ1v) is 15.5. The molecule has 0 unspecified atom stereocenters. The Labute approximate surface area is 272 Å². The molecule has 0 spiro atoms. The Kier molecular flexibility index (Phi) is 7.15. The van der Waals surface area contributed by atoms with E-state index in [-0.39, 0.29) is 0 Å². The van der Waals surface area contributed by atoms with Crippen molar-refractivity contribution in [3.8, 4) is 67.9 Å². The normalized spacial score (nSPS) is 11.2. The number of rotatable bonds is 6. The van der Waals surface area contributed by atoms with Crippen molar-refractivity contribution < 1.29 is 4.42 Å². The Morgan fingerprint density at radius 1 is 0.404 bits per heavy atom. The van der Waals surface area contributed by atoms with Crippen LogP contribution in [0, 0.1) is 13.8 Å². The molecule has 6 heteroatoms. The smallest absolute Gasteiger partial charge is 0.227 e. The van der Waals surface area contributed by atoms with Gasteiger partial charge in [-0.3, -0.25) is 4.98 Å². The molecule has 3 aromatic heterocycles. The van der Waals surface area contributed by atoms with Crippen LogP contribution in [0.25, 0.3) is 79.0 Å². The van der Waals surface area contributed by atoms with Crippen LogP contribution in [-0.4, -0.2) is 24.9 Å². The van der Waals surface area contributed by atoms with Crippen molar-refractivity contribution in [3.63, 3.8) is 0 Å². The SMILES string of the molecule is Cc1ccc(-c2cc(-c3nc(-c4ccccc4)nc(-c4ccccc4)n3)ccc2-c2cccc3oc(-c4ccccc4)nc23)c(C)n1. The number of para-hydroxylation sites is 1. The highest BCUT2D eigenvalue weighted by Gasteiger charge is 2.19. The number of oxazole rings is 1. The highest BCUT2D eigenvalue weighted by atomic mass is 16.3. The number of nitrogens with zero attached hydrogens (tertiary/aromatic N) is 5. The number of hydrogen-bond acceptors (Lipinski definition) is 6. The second-order valence-electron chi connectivity index (χ2n) is 11.4. The van der Waals surface area contributed by atoms with Crippen LogP contribution in [-0.2, 0) is 0 Å². The summed E-state index contributed by atoms with van der Waals surface area (Å²) in [5.74, 6) is 2.42. The maximum absolute atomic E-state index is 6.25. The van der Waals surface area contributed by atoms with E-state index in [2.05, 4.69) is 30.3 Å². The molecule has 8 aromatic rings. The van der Waals surface area contributed by atoms with E-state index >= 15 is 0 Å². The third-order valence-electron chi connectivity index (χ3n) is 8.22. The number of aryl methyl sites for hydroxylation is 2. The maximum Gasteiger partial charge on any atom is 0.227 e. The largest absolute Gasteiger partial charge is 0.436 e. The number of benzene rings is 5. The first kappa shape index (κ1) is 28.2. The summed E-state index contributed by atoms with van der Waals surface area (Å²) in [4.78, 5) is 24.7. The van der Waals surface area contributed by atoms with Crippen molar-refractivity contribution in [2.45, 2.75) is 13.8 Å². The second-order valence-corrected chi connectivity index (χ2v) is 11.4. The zero-order valence-corrected chi connectivity index (χ0v) is 25.9. The van der Waals surface area contributed by atoms with Crippen LogP contribution in [0.1, 0.15) is 11.4 Å². The molecule has 0 radical (unpaired) electrons. The molecule has 0 aliphatic carbocycles. The Morgan fingerprint density at radius 2 is 0.979 bits per heavy atom. The van der Waals surface area contributed by atoms with Crippen LogP contribution in [0.4, 0.5) is 0 Å². The topological polar surface area (TPSA) is 77.6 Å². The highest BCUT2D eigenvalue weighted by molar-refractivity contribution is 5.98. The van der Waals surface area contributed by atoms with Gasteiger partial charge in [-0.25, -0.2) is 19.9 Å². The lowest BCUT2D eigenvalue weighted by molar-refractivity contribution is 0.620. The maximum atomic E-state index is 6.25. The van der Waals surface area contributed by atoms with Crippen LogP contribution >= 0.6 is 0 Å². The molecule has 8 rings (SSSR count). The fourth-order valence-corrected chi connectivity index (χ4v) is 5.92. The fourth-order valence-electron chi connectivity index (χ4n) is 5.92. The molecule has 0 amide bonds. The van der Waals surface area contributed by atoms with Gasteiger partial charge in [0.15, 0.2) is 23.1 Å². The first-order valence-electron chi connectivity index (χ1n) is 15.5. The van der Waals surface area contributed by atoms with Crippen molar-refractivity contribution >= 4 is 11.1 Å². The van der Waals surface area contributed by atoms with Gasteiger partial charge >= 0.3 is 0 Å². The summed E-state index contributed by atoms with van der Waals surface area (Å²) >= 11 is 0. The van der Waals surface area contributed by atoms with Crippen LogP contribution < -0.4 is 0 Å². The molecular formula is C41H29N5O. The van der Waals surface area contributed by atoms with Crippen LogP contribution in [0.2, 0.25) is 0 Å². The number of pyridine rings is 1. The minimum atomic E-state index is 0.589. The van der Waals surface area contributed by atoms with Gasteiger partial charge in [-0.05, 0) is 55.3 Å². The lowest BCUT2D eigenvalue weighted by Crippen LogP contribution is -2.01. The van der Waals surface area contributed by atoms with Crippen LogP contribution in [0.3, 0.4) is 0 Å². The molecule has 0 N–H and O–H groups in total. The van der Waals surface area contributed by atoms with Gasteiger partial charge in [-0.1, -0.05) is 109 Å². The Morgan fingerprint density at radius 3 is 1.60 bits per heavy atom. The highest BCUT2D eigenvalue weighted by Crippen LogP contribution is 2.40. The van der Waals surface area contributed by atoms with E-state index in [4.69, 9.17) is 29.3 Å². The Bertz CT molecular complexity index is 2310. The quantitative estimate of drug-likeness (QED) is 0.187. The van der Waals surface area contributed by atoms with Crippen molar-refractivity contribution in [2.24, 2.45) is 0 Å². The van der Waals surface area contributed by atoms with E-state index in [1.54, 1.807) is 0 Å². The zero-order valence-electron chi connectivity index (χ0n) is 25.9. The van der Waals surface area contributed by atoms with Crippen molar-refractivity contribution in [3.05, 3.63) is 151 Å². The van der Waals surface area contributed by atoms with Gasteiger partial charge in [0, 0.05) is 44.8 Å². The molecule has 0 saturated heterocycles. The fraction of sp³-hybridized carbons (Fsp3) is 0.0488. The van der Waals surface area contributed by atoms with E-state index < -0.39 is 0 Å². The molecule has 0 saturated carbocycles. The van der Waals surface area contributed by atoms with E-state index in [1.165, 1.54) is 0 Å². The molecule has 6 nitrogen and oxygen atoms in total. The molecule has 0 bridgehead atoms. The average Bonchev–Trinajstić information content (AvgIpc) is 3.57. The van der Waals surface area contributed by atoms with Crippen molar-refractivity contribution in [1.29, 1.82) is 0 Å². The van der Waals surface area contributed by atoms with Gasteiger partial charge < -0.3 is 4.42 Å². The summed E-state index contributed by atoms with van der Waals surface area (Å²) < 4.78 is 6.25. The molecule has 224 valence electrons. The van der Waals surface area contributed by atoms with Crippen molar-refractivity contribution in [1.82, 2.24) is 24.9 Å². The Balaban J connectivity index is 1.34. The second kappa shape index (κ2) is 11.9. The van der Waals surface area contributed by atoms with Gasteiger partial charge in [-0.15, -0.1) is 0 Å². The van der Waals surface area contributed by atoms with Crippen LogP contribution in [0.5, 0.6) is 0 Å². The Hall–Kier alpha value is -6.27. The minimum absolute atomic E-state index is 0.589. The van der Waals surface area contributed by atoms with Gasteiger partial charge in [0.1, 0.15) is 5.52 Å². The number of hydrogen-bond donors (Lipinski definition) is 0. The van der Waals surface area contributed by atoms with E-state index in [9.17, 15) is 0 Å². The van der Waals surface area contributed by atoms with Crippen LogP contribution in [0.15, 0.2) is 144 Å². The third-order valence-corrected chi connectivity index (χ3v) is 8.22. The zero-order chi connectivity index (χ0) is 31.7. The number of aromatic nitrogens is 5. The third kappa shape index (κ3) is 5.47. The molecule has 3 heterocycles. The molecule has 0 aliphatic heterocycles. The summed E-state index contributed by atoms with van der Waals surface area (Å²) in [6.07, 6.45) is 0.